The van der Waals surface area contributed by atoms with Gasteiger partial charge in [-0.15, -0.1) is 11.3 Å². The molecule has 3 aromatic heterocycles. The van der Waals surface area contributed by atoms with Crippen molar-refractivity contribution in [2.24, 2.45) is 0 Å². The molecule has 0 aliphatic carbocycles. The van der Waals surface area contributed by atoms with Gasteiger partial charge in [0.2, 0.25) is 0 Å². The van der Waals surface area contributed by atoms with E-state index in [9.17, 15) is 9.59 Å². The third kappa shape index (κ3) is 5.56. The van der Waals surface area contributed by atoms with E-state index in [0.717, 1.165) is 47.3 Å². The van der Waals surface area contributed by atoms with Gasteiger partial charge in [0.1, 0.15) is 17.3 Å². The Morgan fingerprint density at radius 1 is 0.907 bits per heavy atom. The van der Waals surface area contributed by atoms with E-state index >= 15 is 4.39 Å². The summed E-state index contributed by atoms with van der Waals surface area (Å²) in [6, 6.07) is 14.3. The van der Waals surface area contributed by atoms with Gasteiger partial charge in [0.25, 0.3) is 11.8 Å². The standard InChI is InChI=1S/C32H31FN6O3S/c33-24-19-26-22(18-28(24)42-20-30-36-25-7-2-3-8-29(25)43-30)23(31(40)37-12-4-1-5-13-37)17-27(35-26)32(41)38-15-9-21(10-16-38)39-14-6-11-34-39/h2-3,6-8,11,14,17-19,21H,1,4-5,9-10,12-13,15-16,20H2. The molecule has 2 aliphatic heterocycles. The Morgan fingerprint density at radius 2 is 1.70 bits per heavy atom. The highest BCUT2D eigenvalue weighted by molar-refractivity contribution is 7.18. The van der Waals surface area contributed by atoms with E-state index in [1.165, 1.54) is 23.5 Å². The summed E-state index contributed by atoms with van der Waals surface area (Å²) in [6.07, 6.45) is 8.17. The van der Waals surface area contributed by atoms with Crippen LogP contribution >= 0.6 is 11.3 Å². The largest absolute Gasteiger partial charge is 0.483 e. The topological polar surface area (TPSA) is 93.5 Å². The van der Waals surface area contributed by atoms with Gasteiger partial charge >= 0.3 is 0 Å². The lowest BCUT2D eigenvalue weighted by Gasteiger charge is -2.32. The smallest absolute Gasteiger partial charge is 0.272 e. The van der Waals surface area contributed by atoms with Crippen molar-refractivity contribution in [1.82, 2.24) is 29.5 Å². The van der Waals surface area contributed by atoms with E-state index in [1.54, 1.807) is 17.2 Å². The Labute approximate surface area is 251 Å². The first-order valence-corrected chi connectivity index (χ1v) is 15.5. The van der Waals surface area contributed by atoms with Crippen LogP contribution in [0.25, 0.3) is 21.1 Å². The molecule has 0 bridgehead atoms. The van der Waals surface area contributed by atoms with Crippen molar-refractivity contribution >= 4 is 44.3 Å². The number of para-hydroxylation sites is 1. The number of likely N-dealkylation sites (tertiary alicyclic amines) is 2. The van der Waals surface area contributed by atoms with Crippen LogP contribution in [0.2, 0.25) is 0 Å². The lowest BCUT2D eigenvalue weighted by atomic mass is 10.0. The fraction of sp³-hybridized carbons (Fsp3) is 0.344. The number of amides is 2. The summed E-state index contributed by atoms with van der Waals surface area (Å²) in [5.74, 6) is -1.03. The van der Waals surface area contributed by atoms with E-state index in [2.05, 4.69) is 15.1 Å². The summed E-state index contributed by atoms with van der Waals surface area (Å²) < 4.78 is 24.3. The van der Waals surface area contributed by atoms with Crippen LogP contribution in [0.3, 0.4) is 0 Å². The van der Waals surface area contributed by atoms with Crippen molar-refractivity contribution in [3.63, 3.8) is 0 Å². The minimum absolute atomic E-state index is 0.0148. The Kier molecular flexibility index (Phi) is 7.48. The molecular weight excluding hydrogens is 567 g/mol. The summed E-state index contributed by atoms with van der Waals surface area (Å²) in [5.41, 5.74) is 1.61. The second-order valence-corrected chi connectivity index (χ2v) is 12.2. The molecule has 0 N–H and O–H groups in total. The second kappa shape index (κ2) is 11.7. The van der Waals surface area contributed by atoms with Crippen LogP contribution in [-0.4, -0.2) is 67.5 Å². The molecule has 0 unspecified atom stereocenters. The average molecular weight is 599 g/mol. The second-order valence-electron chi connectivity index (χ2n) is 11.1. The number of piperidine rings is 2. The van der Waals surface area contributed by atoms with Gasteiger partial charge in [-0.3, -0.25) is 14.3 Å². The molecule has 9 nitrogen and oxygen atoms in total. The van der Waals surface area contributed by atoms with Gasteiger partial charge in [-0.25, -0.2) is 14.4 Å². The molecule has 7 rings (SSSR count). The van der Waals surface area contributed by atoms with Gasteiger partial charge in [-0.05, 0) is 62.4 Å². The maximum absolute atomic E-state index is 15.4. The number of benzene rings is 2. The summed E-state index contributed by atoms with van der Waals surface area (Å²) >= 11 is 1.49. The normalized spacial score (nSPS) is 16.2. The van der Waals surface area contributed by atoms with Gasteiger partial charge in [0, 0.05) is 50.0 Å². The number of carbonyl (C=O) groups is 2. The SMILES string of the molecule is O=C(c1cc(C(=O)N2CCCCC2)c2cc(OCc3nc4ccccc4s3)c(F)cc2n1)N1CCC(n2cccn2)CC1. The van der Waals surface area contributed by atoms with E-state index < -0.39 is 5.82 Å². The number of aromatic nitrogens is 4. The zero-order valence-electron chi connectivity index (χ0n) is 23.6. The summed E-state index contributed by atoms with van der Waals surface area (Å²) in [5, 5.41) is 5.53. The molecule has 0 saturated carbocycles. The first-order chi connectivity index (χ1) is 21.0. The van der Waals surface area contributed by atoms with Crippen LogP contribution in [0.1, 0.15) is 64.0 Å². The van der Waals surface area contributed by atoms with Gasteiger partial charge in [0.15, 0.2) is 11.6 Å². The molecule has 5 aromatic rings. The Morgan fingerprint density at radius 3 is 2.47 bits per heavy atom. The number of fused-ring (bicyclic) bond motifs is 2. The molecular formula is C32H31FN6O3S. The van der Waals surface area contributed by atoms with Crippen LogP contribution in [0.4, 0.5) is 4.39 Å². The van der Waals surface area contributed by atoms with Crippen molar-refractivity contribution in [3.8, 4) is 5.75 Å². The van der Waals surface area contributed by atoms with Gasteiger partial charge < -0.3 is 14.5 Å². The number of hydrogen-bond donors (Lipinski definition) is 0. The van der Waals surface area contributed by atoms with Crippen LogP contribution < -0.4 is 4.74 Å². The Balaban J connectivity index is 1.19. The van der Waals surface area contributed by atoms with E-state index in [-0.39, 0.29) is 41.4 Å². The molecule has 2 fully saturated rings. The number of nitrogens with zero attached hydrogens (tertiary/aromatic N) is 6. The molecule has 0 spiro atoms. The summed E-state index contributed by atoms with van der Waals surface area (Å²) in [4.78, 5) is 40.2. The molecule has 11 heteroatoms. The molecule has 2 saturated heterocycles. The predicted octanol–water partition coefficient (Wildman–Crippen LogP) is 5.86. The molecule has 2 aromatic carbocycles. The van der Waals surface area contributed by atoms with Crippen molar-refractivity contribution in [1.29, 1.82) is 0 Å². The Hall–Kier alpha value is -4.38. The van der Waals surface area contributed by atoms with Crippen LogP contribution in [0.5, 0.6) is 5.75 Å². The van der Waals surface area contributed by atoms with Crippen molar-refractivity contribution in [2.45, 2.75) is 44.8 Å². The van der Waals surface area contributed by atoms with E-state index in [0.29, 0.717) is 37.1 Å². The minimum atomic E-state index is -0.609. The quantitative estimate of drug-likeness (QED) is 0.243. The predicted molar refractivity (Wildman–Crippen MR) is 162 cm³/mol. The molecule has 0 radical (unpaired) electrons. The first-order valence-electron chi connectivity index (χ1n) is 14.7. The zero-order chi connectivity index (χ0) is 29.3. The number of pyridine rings is 1. The Bertz CT molecular complexity index is 1760. The van der Waals surface area contributed by atoms with E-state index in [1.807, 2.05) is 46.1 Å². The highest BCUT2D eigenvalue weighted by Crippen LogP contribution is 2.31. The van der Waals surface area contributed by atoms with Crippen LogP contribution in [0.15, 0.2) is 60.9 Å². The summed E-state index contributed by atoms with van der Waals surface area (Å²) in [7, 11) is 0. The highest BCUT2D eigenvalue weighted by atomic mass is 32.1. The maximum atomic E-state index is 15.4. The molecule has 2 amide bonds. The summed E-state index contributed by atoms with van der Waals surface area (Å²) in [6.45, 7) is 2.48. The van der Waals surface area contributed by atoms with Gasteiger partial charge in [-0.1, -0.05) is 12.1 Å². The minimum Gasteiger partial charge on any atom is -0.483 e. The highest BCUT2D eigenvalue weighted by Gasteiger charge is 2.28. The molecule has 5 heterocycles. The van der Waals surface area contributed by atoms with E-state index in [4.69, 9.17) is 4.74 Å². The first kappa shape index (κ1) is 27.5. The number of halogens is 1. The van der Waals surface area contributed by atoms with Gasteiger partial charge in [0.05, 0.1) is 27.3 Å². The third-order valence-corrected chi connectivity index (χ3v) is 9.31. The van der Waals surface area contributed by atoms with Crippen LogP contribution in [-0.2, 0) is 6.61 Å². The zero-order valence-corrected chi connectivity index (χ0v) is 24.4. The van der Waals surface area contributed by atoms with Crippen molar-refractivity contribution in [2.75, 3.05) is 26.2 Å². The average Bonchev–Trinajstić information content (AvgIpc) is 3.74. The fourth-order valence-corrected chi connectivity index (χ4v) is 6.89. The fourth-order valence-electron chi connectivity index (χ4n) is 6.01. The number of rotatable bonds is 6. The number of carbonyl (C=O) groups excluding carboxylic acids is 2. The lowest BCUT2D eigenvalue weighted by Crippen LogP contribution is -2.40. The van der Waals surface area contributed by atoms with Crippen LogP contribution in [0, 0.1) is 5.82 Å². The monoisotopic (exact) mass is 598 g/mol. The number of thiazole rings is 1. The lowest BCUT2D eigenvalue weighted by molar-refractivity contribution is 0.0684. The molecule has 43 heavy (non-hydrogen) atoms. The molecule has 2 aliphatic rings. The third-order valence-electron chi connectivity index (χ3n) is 8.30. The number of hydrogen-bond acceptors (Lipinski definition) is 7. The van der Waals surface area contributed by atoms with Crippen molar-refractivity contribution in [3.05, 3.63) is 83.0 Å². The maximum Gasteiger partial charge on any atom is 0.272 e. The molecule has 220 valence electrons. The number of ether oxygens (including phenoxy) is 1. The van der Waals surface area contributed by atoms with Gasteiger partial charge in [-0.2, -0.15) is 5.10 Å². The van der Waals surface area contributed by atoms with Crippen molar-refractivity contribution < 1.29 is 18.7 Å². The molecule has 0 atom stereocenters.